The summed E-state index contributed by atoms with van der Waals surface area (Å²) in [4.78, 5) is 0. The van der Waals surface area contributed by atoms with Crippen molar-refractivity contribution in [2.75, 3.05) is 6.61 Å². The molecule has 1 aromatic carbocycles. The van der Waals surface area contributed by atoms with Gasteiger partial charge in [0.1, 0.15) is 5.75 Å². The van der Waals surface area contributed by atoms with Crippen LogP contribution in [0.3, 0.4) is 0 Å². The standard InChI is InChI=1S/C13H16N2OS/c17-13(14-9-5-6-9)15-11-7-8-16-12-4-2-1-3-10(11)12/h1-4,9,11H,5-8H2,(H2,14,15,17). The molecule has 0 spiro atoms. The molecule has 0 aromatic heterocycles. The van der Waals surface area contributed by atoms with Crippen molar-refractivity contribution in [2.45, 2.75) is 31.3 Å². The molecule has 17 heavy (non-hydrogen) atoms. The second kappa shape index (κ2) is 4.53. The van der Waals surface area contributed by atoms with Crippen molar-refractivity contribution in [3.8, 4) is 5.75 Å². The van der Waals surface area contributed by atoms with Gasteiger partial charge < -0.3 is 15.4 Å². The predicted molar refractivity (Wildman–Crippen MR) is 71.2 cm³/mol. The van der Waals surface area contributed by atoms with Crippen molar-refractivity contribution in [3.05, 3.63) is 29.8 Å². The van der Waals surface area contributed by atoms with Gasteiger partial charge in [-0.1, -0.05) is 18.2 Å². The van der Waals surface area contributed by atoms with E-state index >= 15 is 0 Å². The minimum atomic E-state index is 0.277. The summed E-state index contributed by atoms with van der Waals surface area (Å²) in [6.45, 7) is 0.751. The Bertz CT molecular complexity index is 431. The van der Waals surface area contributed by atoms with Crippen LogP contribution in [-0.4, -0.2) is 17.8 Å². The summed E-state index contributed by atoms with van der Waals surface area (Å²) in [5, 5.41) is 7.47. The summed E-state index contributed by atoms with van der Waals surface area (Å²) in [6.07, 6.45) is 3.45. The van der Waals surface area contributed by atoms with Crippen LogP contribution in [0.1, 0.15) is 30.9 Å². The van der Waals surface area contributed by atoms with Crippen molar-refractivity contribution in [1.29, 1.82) is 0 Å². The van der Waals surface area contributed by atoms with Crippen molar-refractivity contribution in [2.24, 2.45) is 0 Å². The van der Waals surface area contributed by atoms with E-state index in [-0.39, 0.29) is 6.04 Å². The van der Waals surface area contributed by atoms with Gasteiger partial charge in [0.05, 0.1) is 12.6 Å². The Kier molecular flexibility index (Phi) is 2.89. The molecule has 1 aromatic rings. The number of para-hydroxylation sites is 1. The molecule has 1 fully saturated rings. The molecule has 1 atom stereocenters. The maximum Gasteiger partial charge on any atom is 0.166 e. The Morgan fingerprint density at radius 1 is 1.18 bits per heavy atom. The van der Waals surface area contributed by atoms with Gasteiger partial charge in [-0.05, 0) is 31.1 Å². The van der Waals surface area contributed by atoms with E-state index in [2.05, 4.69) is 16.7 Å². The highest BCUT2D eigenvalue weighted by atomic mass is 32.1. The average molecular weight is 248 g/mol. The molecular weight excluding hydrogens is 232 g/mol. The van der Waals surface area contributed by atoms with Gasteiger partial charge in [-0.25, -0.2) is 0 Å². The van der Waals surface area contributed by atoms with Gasteiger partial charge in [0, 0.05) is 18.0 Å². The minimum Gasteiger partial charge on any atom is -0.493 e. The minimum absolute atomic E-state index is 0.277. The molecular formula is C13H16N2OS. The van der Waals surface area contributed by atoms with Gasteiger partial charge in [-0.15, -0.1) is 0 Å². The van der Waals surface area contributed by atoms with E-state index in [1.807, 2.05) is 18.2 Å². The van der Waals surface area contributed by atoms with E-state index in [9.17, 15) is 0 Å². The molecule has 0 saturated heterocycles. The van der Waals surface area contributed by atoms with Crippen LogP contribution in [0.4, 0.5) is 0 Å². The highest BCUT2D eigenvalue weighted by molar-refractivity contribution is 7.80. The average Bonchev–Trinajstić information content (AvgIpc) is 3.13. The molecule has 1 heterocycles. The summed E-state index contributed by atoms with van der Waals surface area (Å²) < 4.78 is 5.63. The van der Waals surface area contributed by atoms with Crippen molar-refractivity contribution in [3.63, 3.8) is 0 Å². The topological polar surface area (TPSA) is 33.3 Å². The largest absolute Gasteiger partial charge is 0.493 e. The highest BCUT2D eigenvalue weighted by Crippen LogP contribution is 2.31. The molecule has 1 aliphatic carbocycles. The van der Waals surface area contributed by atoms with Crippen LogP contribution in [0, 0.1) is 0 Å². The van der Waals surface area contributed by atoms with Crippen LogP contribution in [0.2, 0.25) is 0 Å². The maximum absolute atomic E-state index is 5.63. The number of rotatable bonds is 2. The SMILES string of the molecule is S=C(NC1CC1)NC1CCOc2ccccc21. The highest BCUT2D eigenvalue weighted by Gasteiger charge is 2.25. The van der Waals surface area contributed by atoms with Gasteiger partial charge in [0.15, 0.2) is 5.11 Å². The van der Waals surface area contributed by atoms with E-state index in [1.54, 1.807) is 0 Å². The van der Waals surface area contributed by atoms with Crippen molar-refractivity contribution < 1.29 is 4.74 Å². The Labute approximate surface area is 107 Å². The zero-order valence-corrected chi connectivity index (χ0v) is 10.4. The van der Waals surface area contributed by atoms with Crippen LogP contribution in [0.15, 0.2) is 24.3 Å². The Morgan fingerprint density at radius 2 is 2.00 bits per heavy atom. The van der Waals surface area contributed by atoms with Gasteiger partial charge in [0.25, 0.3) is 0 Å². The fraction of sp³-hybridized carbons (Fsp3) is 0.462. The molecule has 2 aliphatic rings. The maximum atomic E-state index is 5.63. The van der Waals surface area contributed by atoms with Crippen LogP contribution < -0.4 is 15.4 Å². The molecule has 90 valence electrons. The number of ether oxygens (including phenoxy) is 1. The molecule has 0 amide bonds. The van der Waals surface area contributed by atoms with Crippen LogP contribution in [0.5, 0.6) is 5.75 Å². The fourth-order valence-corrected chi connectivity index (χ4v) is 2.41. The first-order chi connectivity index (χ1) is 8.33. The van der Waals surface area contributed by atoms with E-state index in [4.69, 9.17) is 17.0 Å². The third-order valence-electron chi connectivity index (χ3n) is 3.18. The van der Waals surface area contributed by atoms with Crippen LogP contribution in [0.25, 0.3) is 0 Å². The first kappa shape index (κ1) is 10.8. The Morgan fingerprint density at radius 3 is 2.82 bits per heavy atom. The molecule has 4 heteroatoms. The Balaban J connectivity index is 1.69. The smallest absolute Gasteiger partial charge is 0.166 e. The molecule has 3 nitrogen and oxygen atoms in total. The lowest BCUT2D eigenvalue weighted by Crippen LogP contribution is -2.40. The summed E-state index contributed by atoms with van der Waals surface area (Å²) in [7, 11) is 0. The molecule has 0 bridgehead atoms. The molecule has 1 saturated carbocycles. The fourth-order valence-electron chi connectivity index (χ4n) is 2.10. The summed E-state index contributed by atoms with van der Waals surface area (Å²) in [5.74, 6) is 0.977. The number of hydrogen-bond donors (Lipinski definition) is 2. The van der Waals surface area contributed by atoms with Gasteiger partial charge in [-0.3, -0.25) is 0 Å². The van der Waals surface area contributed by atoms with Crippen molar-refractivity contribution in [1.82, 2.24) is 10.6 Å². The quantitative estimate of drug-likeness (QED) is 0.786. The normalized spacial score (nSPS) is 22.2. The second-order valence-electron chi connectivity index (χ2n) is 4.62. The third-order valence-corrected chi connectivity index (χ3v) is 3.41. The number of hydrogen-bond acceptors (Lipinski definition) is 2. The van der Waals surface area contributed by atoms with Crippen molar-refractivity contribution >= 4 is 17.3 Å². The van der Waals surface area contributed by atoms with Crippen LogP contribution >= 0.6 is 12.2 Å². The zero-order valence-electron chi connectivity index (χ0n) is 9.61. The number of nitrogens with one attached hydrogen (secondary N) is 2. The van der Waals surface area contributed by atoms with Gasteiger partial charge in [0.2, 0.25) is 0 Å². The van der Waals surface area contributed by atoms with Crippen LogP contribution in [-0.2, 0) is 0 Å². The summed E-state index contributed by atoms with van der Waals surface area (Å²) >= 11 is 5.32. The molecule has 2 N–H and O–H groups in total. The first-order valence-corrected chi connectivity index (χ1v) is 6.52. The number of benzene rings is 1. The zero-order chi connectivity index (χ0) is 11.7. The molecule has 1 aliphatic heterocycles. The molecule has 1 unspecified atom stereocenters. The number of fused-ring (bicyclic) bond motifs is 1. The van der Waals surface area contributed by atoms with E-state index in [0.29, 0.717) is 6.04 Å². The van der Waals surface area contributed by atoms with E-state index in [1.165, 1.54) is 18.4 Å². The monoisotopic (exact) mass is 248 g/mol. The second-order valence-corrected chi connectivity index (χ2v) is 5.03. The molecule has 3 rings (SSSR count). The van der Waals surface area contributed by atoms with E-state index in [0.717, 1.165) is 23.9 Å². The lowest BCUT2D eigenvalue weighted by molar-refractivity contribution is 0.262. The lowest BCUT2D eigenvalue weighted by Gasteiger charge is -2.27. The summed E-state index contributed by atoms with van der Waals surface area (Å²) in [5.41, 5.74) is 1.21. The Hall–Kier alpha value is -1.29. The predicted octanol–water partition coefficient (Wildman–Crippen LogP) is 2.14. The molecule has 0 radical (unpaired) electrons. The van der Waals surface area contributed by atoms with Gasteiger partial charge >= 0.3 is 0 Å². The summed E-state index contributed by atoms with van der Waals surface area (Å²) in [6, 6.07) is 9.04. The van der Waals surface area contributed by atoms with E-state index < -0.39 is 0 Å². The number of thiocarbonyl (C=S) groups is 1. The lowest BCUT2D eigenvalue weighted by atomic mass is 10.0. The third kappa shape index (κ3) is 2.52. The van der Waals surface area contributed by atoms with Gasteiger partial charge in [-0.2, -0.15) is 0 Å². The first-order valence-electron chi connectivity index (χ1n) is 6.12.